The number of esters is 1. The van der Waals surface area contributed by atoms with Gasteiger partial charge in [0, 0.05) is 5.57 Å². The van der Waals surface area contributed by atoms with Crippen LogP contribution in [0, 0.1) is 0 Å². The lowest BCUT2D eigenvalue weighted by Crippen LogP contribution is -2.10. The highest BCUT2D eigenvalue weighted by molar-refractivity contribution is 5.88. The Balaban J connectivity index is 2.17. The largest absolute Gasteiger partial charge is 0.423 e. The van der Waals surface area contributed by atoms with Crippen LogP contribution in [0.3, 0.4) is 0 Å². The van der Waals surface area contributed by atoms with E-state index >= 15 is 0 Å². The Morgan fingerprint density at radius 1 is 0.909 bits per heavy atom. The van der Waals surface area contributed by atoms with Gasteiger partial charge in [0.1, 0.15) is 5.75 Å². The molecule has 0 aromatic heterocycles. The molecule has 0 fully saturated rings. The van der Waals surface area contributed by atoms with Gasteiger partial charge in [-0.05, 0) is 41.2 Å². The molecule has 0 saturated heterocycles. The van der Waals surface area contributed by atoms with E-state index in [1.165, 1.54) is 5.56 Å². The molecule has 114 valence electrons. The summed E-state index contributed by atoms with van der Waals surface area (Å²) in [4.78, 5) is 11.5. The van der Waals surface area contributed by atoms with Gasteiger partial charge >= 0.3 is 5.97 Å². The van der Waals surface area contributed by atoms with Gasteiger partial charge in [-0.3, -0.25) is 0 Å². The van der Waals surface area contributed by atoms with Gasteiger partial charge < -0.3 is 4.74 Å². The van der Waals surface area contributed by atoms with E-state index < -0.39 is 5.97 Å². The first-order valence-corrected chi connectivity index (χ1v) is 7.36. The Morgan fingerprint density at radius 2 is 1.36 bits per heavy atom. The molecule has 2 aromatic rings. The normalized spacial score (nSPS) is 11.1. The van der Waals surface area contributed by atoms with Crippen molar-refractivity contribution in [1.82, 2.24) is 0 Å². The zero-order valence-corrected chi connectivity index (χ0v) is 13.6. The highest BCUT2D eigenvalue weighted by Gasteiger charge is 2.13. The van der Waals surface area contributed by atoms with Gasteiger partial charge in [0.25, 0.3) is 0 Å². The monoisotopic (exact) mass is 294 g/mol. The standard InChI is InChI=1S/C20H22O2/c1-14(2)19(21)22-18-12-8-16(9-13-18)15-6-10-17(11-7-15)20(3,4)5/h6-13H,1H2,2-5H3. The zero-order chi connectivity index (χ0) is 16.3. The maximum atomic E-state index is 11.5. The van der Waals surface area contributed by atoms with Crippen LogP contribution in [-0.2, 0) is 10.2 Å². The summed E-state index contributed by atoms with van der Waals surface area (Å²) in [5, 5.41) is 0. The highest BCUT2D eigenvalue weighted by Crippen LogP contribution is 2.27. The van der Waals surface area contributed by atoms with Crippen molar-refractivity contribution < 1.29 is 9.53 Å². The molecule has 0 amide bonds. The zero-order valence-electron chi connectivity index (χ0n) is 13.6. The average molecular weight is 294 g/mol. The third-order valence-electron chi connectivity index (χ3n) is 3.50. The van der Waals surface area contributed by atoms with Gasteiger partial charge in [-0.2, -0.15) is 0 Å². The molecule has 0 aliphatic heterocycles. The van der Waals surface area contributed by atoms with Crippen LogP contribution >= 0.6 is 0 Å². The number of rotatable bonds is 3. The number of ether oxygens (including phenoxy) is 1. The lowest BCUT2D eigenvalue weighted by molar-refractivity contribution is -0.130. The Morgan fingerprint density at radius 3 is 1.77 bits per heavy atom. The SMILES string of the molecule is C=C(C)C(=O)Oc1ccc(-c2ccc(C(C)(C)C)cc2)cc1. The van der Waals surface area contributed by atoms with Crippen LogP contribution in [0.2, 0.25) is 0 Å². The van der Waals surface area contributed by atoms with Crippen LogP contribution in [-0.4, -0.2) is 5.97 Å². The van der Waals surface area contributed by atoms with Crippen molar-refractivity contribution in [3.63, 3.8) is 0 Å². The predicted molar refractivity (Wildman–Crippen MR) is 91.0 cm³/mol. The summed E-state index contributed by atoms with van der Waals surface area (Å²) in [7, 11) is 0. The molecule has 2 aromatic carbocycles. The summed E-state index contributed by atoms with van der Waals surface area (Å²) in [5.74, 6) is 0.130. The van der Waals surface area contributed by atoms with Crippen LogP contribution in [0.25, 0.3) is 11.1 Å². The van der Waals surface area contributed by atoms with Crippen molar-refractivity contribution in [3.05, 3.63) is 66.2 Å². The van der Waals surface area contributed by atoms with E-state index in [1.54, 1.807) is 19.1 Å². The summed E-state index contributed by atoms with van der Waals surface area (Å²) in [6.45, 7) is 11.8. The molecule has 0 aliphatic rings. The summed E-state index contributed by atoms with van der Waals surface area (Å²) >= 11 is 0. The van der Waals surface area contributed by atoms with Crippen LogP contribution < -0.4 is 4.74 Å². The van der Waals surface area contributed by atoms with Crippen molar-refractivity contribution in [2.24, 2.45) is 0 Å². The fourth-order valence-electron chi connectivity index (χ4n) is 2.07. The van der Waals surface area contributed by atoms with Crippen molar-refractivity contribution >= 4 is 5.97 Å². The lowest BCUT2D eigenvalue weighted by Gasteiger charge is -2.19. The number of hydrogen-bond donors (Lipinski definition) is 0. The van der Waals surface area contributed by atoms with E-state index in [9.17, 15) is 4.79 Å². The summed E-state index contributed by atoms with van der Waals surface area (Å²) < 4.78 is 5.19. The molecule has 0 radical (unpaired) electrons. The summed E-state index contributed by atoms with van der Waals surface area (Å²) in [6, 6.07) is 16.1. The van der Waals surface area contributed by atoms with Crippen molar-refractivity contribution in [1.29, 1.82) is 0 Å². The van der Waals surface area contributed by atoms with E-state index in [2.05, 4.69) is 51.6 Å². The molecule has 0 saturated carbocycles. The van der Waals surface area contributed by atoms with Crippen molar-refractivity contribution in [2.45, 2.75) is 33.1 Å². The highest BCUT2D eigenvalue weighted by atomic mass is 16.5. The van der Waals surface area contributed by atoms with E-state index in [0.29, 0.717) is 11.3 Å². The second-order valence-corrected chi connectivity index (χ2v) is 6.52. The minimum absolute atomic E-state index is 0.152. The van der Waals surface area contributed by atoms with E-state index in [4.69, 9.17) is 4.74 Å². The average Bonchev–Trinajstić information content (AvgIpc) is 2.47. The number of benzene rings is 2. The van der Waals surface area contributed by atoms with E-state index in [0.717, 1.165) is 11.1 Å². The Bertz CT molecular complexity index is 671. The molecule has 2 heteroatoms. The van der Waals surface area contributed by atoms with Gasteiger partial charge in [-0.15, -0.1) is 0 Å². The lowest BCUT2D eigenvalue weighted by atomic mass is 9.86. The van der Waals surface area contributed by atoms with Crippen molar-refractivity contribution in [3.8, 4) is 16.9 Å². The van der Waals surface area contributed by atoms with Crippen LogP contribution in [0.4, 0.5) is 0 Å². The molecule has 22 heavy (non-hydrogen) atoms. The third kappa shape index (κ3) is 3.85. The van der Waals surface area contributed by atoms with Crippen LogP contribution in [0.1, 0.15) is 33.3 Å². The molecule has 0 heterocycles. The Hall–Kier alpha value is -2.35. The Labute approximate surface area is 132 Å². The van der Waals surface area contributed by atoms with Crippen LogP contribution in [0.5, 0.6) is 5.75 Å². The third-order valence-corrected chi connectivity index (χ3v) is 3.50. The summed E-state index contributed by atoms with van der Waals surface area (Å²) in [6.07, 6.45) is 0. The quantitative estimate of drug-likeness (QED) is 0.445. The molecule has 0 unspecified atom stereocenters. The molecule has 2 nitrogen and oxygen atoms in total. The maximum absolute atomic E-state index is 11.5. The van der Waals surface area contributed by atoms with Crippen molar-refractivity contribution in [2.75, 3.05) is 0 Å². The topological polar surface area (TPSA) is 26.3 Å². The van der Waals surface area contributed by atoms with Gasteiger partial charge in [0.05, 0.1) is 0 Å². The number of carbonyl (C=O) groups is 1. The second kappa shape index (κ2) is 6.18. The molecule has 2 rings (SSSR count). The first-order valence-electron chi connectivity index (χ1n) is 7.36. The van der Waals surface area contributed by atoms with Gasteiger partial charge in [0.15, 0.2) is 0 Å². The smallest absolute Gasteiger partial charge is 0.338 e. The van der Waals surface area contributed by atoms with Gasteiger partial charge in [0.2, 0.25) is 0 Å². The van der Waals surface area contributed by atoms with Crippen LogP contribution in [0.15, 0.2) is 60.7 Å². The fraction of sp³-hybridized carbons (Fsp3) is 0.250. The summed E-state index contributed by atoms with van der Waals surface area (Å²) in [5.41, 5.74) is 4.09. The van der Waals surface area contributed by atoms with Gasteiger partial charge in [-0.1, -0.05) is 63.7 Å². The van der Waals surface area contributed by atoms with E-state index in [-0.39, 0.29) is 5.41 Å². The number of hydrogen-bond acceptors (Lipinski definition) is 2. The molecule has 0 atom stereocenters. The first kappa shape index (κ1) is 16.0. The minimum atomic E-state index is -0.401. The molecular weight excluding hydrogens is 272 g/mol. The van der Waals surface area contributed by atoms with E-state index in [1.807, 2.05) is 12.1 Å². The van der Waals surface area contributed by atoms with Gasteiger partial charge in [-0.25, -0.2) is 4.79 Å². The number of carbonyl (C=O) groups excluding carboxylic acids is 1. The molecule has 0 bridgehead atoms. The molecule has 0 spiro atoms. The maximum Gasteiger partial charge on any atom is 0.338 e. The minimum Gasteiger partial charge on any atom is -0.423 e. The molecule has 0 aliphatic carbocycles. The molecule has 0 N–H and O–H groups in total. The second-order valence-electron chi connectivity index (χ2n) is 6.52. The fourth-order valence-corrected chi connectivity index (χ4v) is 2.07. The first-order chi connectivity index (χ1) is 10.3. The Kier molecular flexibility index (Phi) is 4.51. The molecular formula is C20H22O2. The predicted octanol–water partition coefficient (Wildman–Crippen LogP) is 5.13.